The summed E-state index contributed by atoms with van der Waals surface area (Å²) in [7, 11) is 1.64. The van der Waals surface area contributed by atoms with Crippen molar-refractivity contribution < 1.29 is 9.26 Å². The van der Waals surface area contributed by atoms with E-state index in [0.29, 0.717) is 17.2 Å². The number of rotatable bonds is 6. The van der Waals surface area contributed by atoms with Crippen molar-refractivity contribution in [3.8, 4) is 17.0 Å². The fourth-order valence-corrected chi connectivity index (χ4v) is 3.66. The number of hydrogen-bond donors (Lipinski definition) is 0. The van der Waals surface area contributed by atoms with Crippen molar-refractivity contribution in [1.29, 1.82) is 0 Å². The average molecular weight is 393 g/mol. The van der Waals surface area contributed by atoms with Crippen LogP contribution in [-0.4, -0.2) is 21.7 Å². The molecule has 3 heterocycles. The third-order valence-electron chi connectivity index (χ3n) is 4.30. The molecule has 142 valence electrons. The number of nitrogens with zero attached hydrogens (tertiary/aromatic N) is 3. The lowest BCUT2D eigenvalue weighted by Crippen LogP contribution is -2.15. The van der Waals surface area contributed by atoms with Crippen molar-refractivity contribution in [2.45, 2.75) is 18.4 Å². The van der Waals surface area contributed by atoms with Crippen LogP contribution in [0.1, 0.15) is 17.0 Å². The maximum Gasteiger partial charge on any atom is 0.258 e. The number of aryl methyl sites for hydroxylation is 1. The number of hydrogen-bond acceptors (Lipinski definition) is 6. The van der Waals surface area contributed by atoms with Gasteiger partial charge in [-0.1, -0.05) is 11.2 Å². The van der Waals surface area contributed by atoms with Gasteiger partial charge in [0.05, 0.1) is 18.6 Å². The Balaban J connectivity index is 1.41. The minimum absolute atomic E-state index is 0.0641. The van der Waals surface area contributed by atoms with E-state index in [1.807, 2.05) is 49.4 Å². The highest BCUT2D eigenvalue weighted by atomic mass is 32.2. The highest BCUT2D eigenvalue weighted by Gasteiger charge is 2.08. The first kappa shape index (κ1) is 18.3. The third-order valence-corrected chi connectivity index (χ3v) is 5.29. The fraction of sp³-hybridized carbons (Fsp3) is 0.190. The van der Waals surface area contributed by atoms with Crippen LogP contribution >= 0.6 is 11.8 Å². The lowest BCUT2D eigenvalue weighted by atomic mass is 10.1. The SMILES string of the molecule is COc1ccc(-c2cc(CSCc3cc(=O)n4cc(C)ccc4n3)on2)cc1. The van der Waals surface area contributed by atoms with Gasteiger partial charge in [0.1, 0.15) is 22.9 Å². The number of thioether (sulfide) groups is 1. The second-order valence-electron chi connectivity index (χ2n) is 6.42. The first-order valence-electron chi connectivity index (χ1n) is 8.79. The van der Waals surface area contributed by atoms with Gasteiger partial charge in [-0.05, 0) is 42.8 Å². The number of aromatic nitrogens is 3. The molecule has 0 saturated heterocycles. The van der Waals surface area contributed by atoms with E-state index in [2.05, 4.69) is 10.1 Å². The maximum absolute atomic E-state index is 12.3. The maximum atomic E-state index is 12.3. The van der Waals surface area contributed by atoms with Gasteiger partial charge in [0.15, 0.2) is 0 Å². The number of benzene rings is 1. The molecule has 0 bridgehead atoms. The molecule has 0 saturated carbocycles. The second kappa shape index (κ2) is 7.90. The molecule has 4 rings (SSSR count). The molecule has 1 aromatic carbocycles. The molecule has 6 nitrogen and oxygen atoms in total. The van der Waals surface area contributed by atoms with Crippen molar-refractivity contribution >= 4 is 17.4 Å². The summed E-state index contributed by atoms with van der Waals surface area (Å²) in [6.07, 6.45) is 1.80. The summed E-state index contributed by atoms with van der Waals surface area (Å²) < 4.78 is 12.2. The van der Waals surface area contributed by atoms with Crippen LogP contribution in [0.4, 0.5) is 0 Å². The molecule has 3 aromatic heterocycles. The Morgan fingerprint density at radius 2 is 1.93 bits per heavy atom. The number of ether oxygens (including phenoxy) is 1. The Labute approximate surface area is 166 Å². The Kier molecular flexibility index (Phi) is 5.16. The summed E-state index contributed by atoms with van der Waals surface area (Å²) in [5.74, 6) is 2.86. The summed E-state index contributed by atoms with van der Waals surface area (Å²) in [5.41, 5.74) is 4.14. The van der Waals surface area contributed by atoms with E-state index < -0.39 is 0 Å². The van der Waals surface area contributed by atoms with Gasteiger partial charge >= 0.3 is 0 Å². The smallest absolute Gasteiger partial charge is 0.258 e. The van der Waals surface area contributed by atoms with Gasteiger partial charge < -0.3 is 9.26 Å². The number of methoxy groups -OCH3 is 1. The van der Waals surface area contributed by atoms with Crippen LogP contribution in [0.25, 0.3) is 16.9 Å². The van der Waals surface area contributed by atoms with Crippen molar-refractivity contribution in [2.75, 3.05) is 7.11 Å². The molecule has 4 aromatic rings. The van der Waals surface area contributed by atoms with Crippen LogP contribution in [0.5, 0.6) is 5.75 Å². The molecular weight excluding hydrogens is 374 g/mol. The van der Waals surface area contributed by atoms with Gasteiger partial charge in [-0.15, -0.1) is 11.8 Å². The molecule has 0 unspecified atom stereocenters. The largest absolute Gasteiger partial charge is 0.497 e. The summed E-state index contributed by atoms with van der Waals surface area (Å²) in [5, 5.41) is 4.13. The summed E-state index contributed by atoms with van der Waals surface area (Å²) in [6, 6.07) is 15.0. The van der Waals surface area contributed by atoms with Crippen molar-refractivity contribution in [3.05, 3.63) is 82.1 Å². The Hall–Kier alpha value is -3.06. The molecule has 28 heavy (non-hydrogen) atoms. The third kappa shape index (κ3) is 3.94. The van der Waals surface area contributed by atoms with Gasteiger partial charge in [-0.25, -0.2) is 4.98 Å². The fourth-order valence-electron chi connectivity index (χ4n) is 2.87. The van der Waals surface area contributed by atoms with Crippen LogP contribution in [0.2, 0.25) is 0 Å². The zero-order chi connectivity index (χ0) is 19.5. The summed E-state index contributed by atoms with van der Waals surface area (Å²) >= 11 is 1.63. The zero-order valence-corrected chi connectivity index (χ0v) is 16.4. The zero-order valence-electron chi connectivity index (χ0n) is 15.6. The van der Waals surface area contributed by atoms with Crippen molar-refractivity contribution in [3.63, 3.8) is 0 Å². The Morgan fingerprint density at radius 3 is 2.71 bits per heavy atom. The lowest BCUT2D eigenvalue weighted by molar-refractivity contribution is 0.397. The summed E-state index contributed by atoms with van der Waals surface area (Å²) in [6.45, 7) is 1.95. The van der Waals surface area contributed by atoms with E-state index in [1.165, 1.54) is 0 Å². The molecule has 0 fully saturated rings. The Morgan fingerprint density at radius 1 is 1.11 bits per heavy atom. The van der Waals surface area contributed by atoms with Crippen LogP contribution in [0.15, 0.2) is 64.0 Å². The number of fused-ring (bicyclic) bond motifs is 1. The molecule has 0 radical (unpaired) electrons. The molecular formula is C21H19N3O3S. The van der Waals surface area contributed by atoms with Gasteiger partial charge in [0.2, 0.25) is 0 Å². The quantitative estimate of drug-likeness (QED) is 0.491. The lowest BCUT2D eigenvalue weighted by Gasteiger charge is -2.04. The van der Waals surface area contributed by atoms with Crippen LogP contribution in [0, 0.1) is 6.92 Å². The van der Waals surface area contributed by atoms with E-state index in [-0.39, 0.29) is 5.56 Å². The molecule has 0 atom stereocenters. The molecule has 0 aliphatic rings. The van der Waals surface area contributed by atoms with E-state index in [9.17, 15) is 4.79 Å². The minimum Gasteiger partial charge on any atom is -0.497 e. The highest BCUT2D eigenvalue weighted by Crippen LogP contribution is 2.24. The van der Waals surface area contributed by atoms with Gasteiger partial charge in [-0.2, -0.15) is 0 Å². The van der Waals surface area contributed by atoms with Gasteiger partial charge in [-0.3, -0.25) is 9.20 Å². The topological polar surface area (TPSA) is 69.6 Å². The molecule has 7 heteroatoms. The first-order chi connectivity index (χ1) is 13.6. The average Bonchev–Trinajstić information content (AvgIpc) is 3.18. The van der Waals surface area contributed by atoms with Crippen LogP contribution in [0.3, 0.4) is 0 Å². The molecule has 0 N–H and O–H groups in total. The molecule has 0 aliphatic carbocycles. The van der Waals surface area contributed by atoms with Crippen molar-refractivity contribution in [1.82, 2.24) is 14.5 Å². The highest BCUT2D eigenvalue weighted by molar-refractivity contribution is 7.97. The van der Waals surface area contributed by atoms with Crippen LogP contribution in [-0.2, 0) is 11.5 Å². The Bertz CT molecular complexity index is 1170. The van der Waals surface area contributed by atoms with E-state index in [1.54, 1.807) is 35.5 Å². The van der Waals surface area contributed by atoms with Crippen molar-refractivity contribution in [2.24, 2.45) is 0 Å². The van der Waals surface area contributed by atoms with E-state index in [4.69, 9.17) is 9.26 Å². The van der Waals surface area contributed by atoms with E-state index in [0.717, 1.165) is 34.0 Å². The molecule has 0 spiro atoms. The first-order valence-corrected chi connectivity index (χ1v) is 9.94. The number of pyridine rings is 1. The second-order valence-corrected chi connectivity index (χ2v) is 7.41. The van der Waals surface area contributed by atoms with E-state index >= 15 is 0 Å². The monoisotopic (exact) mass is 393 g/mol. The van der Waals surface area contributed by atoms with Crippen LogP contribution < -0.4 is 10.3 Å². The normalized spacial score (nSPS) is 11.1. The van der Waals surface area contributed by atoms with Gasteiger partial charge in [0, 0.05) is 29.6 Å². The van der Waals surface area contributed by atoms with Gasteiger partial charge in [0.25, 0.3) is 5.56 Å². The predicted octanol–water partition coefficient (Wildman–Crippen LogP) is 4.10. The predicted molar refractivity (Wildman–Crippen MR) is 110 cm³/mol. The molecule has 0 amide bonds. The standard InChI is InChI=1S/C21H19N3O3S/c1-14-3-8-20-22-16(9-21(25)24(20)11-14)12-28-13-18-10-19(23-27-18)15-4-6-17(26-2)7-5-15/h3-11H,12-13H2,1-2H3. The molecule has 0 aliphatic heterocycles. The minimum atomic E-state index is -0.0641. The summed E-state index contributed by atoms with van der Waals surface area (Å²) in [4.78, 5) is 16.8.